The molecule has 4 aliphatic rings. The Morgan fingerprint density at radius 2 is 1.70 bits per heavy atom. The van der Waals surface area contributed by atoms with E-state index < -0.39 is 0 Å². The number of azide groups is 1. The van der Waals surface area contributed by atoms with Crippen LogP contribution in [0.2, 0.25) is 0 Å². The summed E-state index contributed by atoms with van der Waals surface area (Å²) in [5.74, 6) is 6.01. The van der Waals surface area contributed by atoms with Crippen molar-refractivity contribution in [1.29, 1.82) is 0 Å². The molecular weight excluding hydrogens is 458 g/mol. The highest BCUT2D eigenvalue weighted by Crippen LogP contribution is 2.68. The van der Waals surface area contributed by atoms with Crippen LogP contribution in [0.1, 0.15) is 131 Å². The van der Waals surface area contributed by atoms with Crippen LogP contribution in [0.5, 0.6) is 0 Å². The minimum absolute atomic E-state index is 0.0591. The Morgan fingerprint density at radius 3 is 2.46 bits per heavy atom. The first-order valence-corrected chi connectivity index (χ1v) is 15.9. The summed E-state index contributed by atoms with van der Waals surface area (Å²) in [6.07, 6.45) is 18.1. The van der Waals surface area contributed by atoms with Crippen molar-refractivity contribution in [3.05, 3.63) is 10.4 Å². The van der Waals surface area contributed by atoms with Gasteiger partial charge in [0.05, 0.1) is 0 Å². The number of hydrogen-bond donors (Lipinski definition) is 0. The van der Waals surface area contributed by atoms with E-state index in [4.69, 9.17) is 10.3 Å². The normalized spacial score (nSPS) is 39.7. The molecule has 0 radical (unpaired) electrons. The van der Waals surface area contributed by atoms with Gasteiger partial charge < -0.3 is 4.74 Å². The molecule has 0 N–H and O–H groups in total. The maximum atomic E-state index is 12.4. The number of ether oxygens (including phenoxy) is 1. The molecule has 210 valence electrons. The number of carbonyl (C=O) groups is 1. The van der Waals surface area contributed by atoms with Gasteiger partial charge >= 0.3 is 5.97 Å². The number of fused-ring (bicyclic) bond motifs is 5. The Balaban J connectivity index is 1.32. The first-order chi connectivity index (χ1) is 17.7. The predicted octanol–water partition coefficient (Wildman–Crippen LogP) is 9.50. The predicted molar refractivity (Wildman–Crippen MR) is 151 cm³/mol. The molecule has 4 saturated carbocycles. The molecule has 0 aromatic heterocycles. The zero-order chi connectivity index (χ0) is 26.6. The smallest absolute Gasteiger partial charge is 0.306 e. The van der Waals surface area contributed by atoms with E-state index in [9.17, 15) is 4.79 Å². The molecule has 5 heteroatoms. The number of unbranched alkanes of at least 4 members (excludes halogenated alkanes) is 1. The molecule has 0 aromatic rings. The van der Waals surface area contributed by atoms with Crippen molar-refractivity contribution in [2.75, 3.05) is 6.54 Å². The van der Waals surface area contributed by atoms with Crippen LogP contribution < -0.4 is 0 Å². The molecule has 0 bridgehead atoms. The van der Waals surface area contributed by atoms with E-state index in [1.165, 1.54) is 64.2 Å². The lowest BCUT2D eigenvalue weighted by Gasteiger charge is -2.61. The van der Waals surface area contributed by atoms with E-state index in [1.54, 1.807) is 0 Å². The van der Waals surface area contributed by atoms with E-state index in [-0.39, 0.29) is 12.1 Å². The van der Waals surface area contributed by atoms with Gasteiger partial charge in [0.2, 0.25) is 0 Å². The monoisotopic (exact) mass is 513 g/mol. The third-order valence-electron chi connectivity index (χ3n) is 12.1. The third kappa shape index (κ3) is 6.18. The summed E-state index contributed by atoms with van der Waals surface area (Å²) < 4.78 is 5.96. The van der Waals surface area contributed by atoms with Crippen molar-refractivity contribution in [1.82, 2.24) is 0 Å². The third-order valence-corrected chi connectivity index (χ3v) is 12.1. The molecule has 9 atom stereocenters. The molecule has 0 saturated heterocycles. The van der Waals surface area contributed by atoms with Crippen LogP contribution in [0, 0.1) is 52.3 Å². The highest BCUT2D eigenvalue weighted by Gasteiger charge is 2.60. The summed E-state index contributed by atoms with van der Waals surface area (Å²) in [5.41, 5.74) is 9.38. The van der Waals surface area contributed by atoms with Crippen molar-refractivity contribution in [2.45, 2.75) is 137 Å². The van der Waals surface area contributed by atoms with Crippen molar-refractivity contribution < 1.29 is 9.53 Å². The van der Waals surface area contributed by atoms with Crippen LogP contribution in [-0.2, 0) is 9.53 Å². The number of esters is 1. The standard InChI is InChI=1S/C32H55N3O2/c1-22(2)9-8-10-23(3)27-14-15-28-26-13-12-24-21-25(37-30(36)11-6-7-20-34-35-33)16-18-31(24,4)29(26)17-19-32(27,28)5/h22-29H,6-21H2,1-5H3/t23?,24?,25?,26?,27?,28?,29?,31-,32+/m0/s1. The molecular formula is C32H55N3O2. The number of rotatable bonds is 11. The van der Waals surface area contributed by atoms with Crippen LogP contribution in [-0.4, -0.2) is 18.6 Å². The first-order valence-electron chi connectivity index (χ1n) is 15.9. The fourth-order valence-electron chi connectivity index (χ4n) is 10.1. The second kappa shape index (κ2) is 12.3. The number of carbonyl (C=O) groups excluding carboxylic acids is 1. The average molecular weight is 514 g/mol. The second-order valence-corrected chi connectivity index (χ2v) is 14.5. The first kappa shape index (κ1) is 28.8. The maximum Gasteiger partial charge on any atom is 0.306 e. The maximum absolute atomic E-state index is 12.4. The number of nitrogens with zero attached hydrogens (tertiary/aromatic N) is 3. The van der Waals surface area contributed by atoms with Crippen molar-refractivity contribution in [3.63, 3.8) is 0 Å². The molecule has 0 spiro atoms. The Kier molecular flexibility index (Phi) is 9.58. The molecule has 0 amide bonds. The fraction of sp³-hybridized carbons (Fsp3) is 0.969. The van der Waals surface area contributed by atoms with Crippen LogP contribution in [0.4, 0.5) is 0 Å². The van der Waals surface area contributed by atoms with Crippen molar-refractivity contribution in [3.8, 4) is 0 Å². The Labute approximate surface area is 226 Å². The molecule has 4 rings (SSSR count). The summed E-state index contributed by atoms with van der Waals surface area (Å²) in [4.78, 5) is 15.2. The van der Waals surface area contributed by atoms with Gasteiger partial charge in [0.25, 0.3) is 0 Å². The molecule has 37 heavy (non-hydrogen) atoms. The lowest BCUT2D eigenvalue weighted by atomic mass is 9.44. The Morgan fingerprint density at radius 1 is 0.946 bits per heavy atom. The molecule has 4 aliphatic carbocycles. The van der Waals surface area contributed by atoms with Gasteiger partial charge in [0.1, 0.15) is 6.10 Å². The zero-order valence-electron chi connectivity index (χ0n) is 24.6. The minimum atomic E-state index is -0.0591. The summed E-state index contributed by atoms with van der Waals surface area (Å²) >= 11 is 0. The van der Waals surface area contributed by atoms with Gasteiger partial charge in [-0.25, -0.2) is 0 Å². The Hall–Kier alpha value is -1.22. The molecule has 0 aromatic carbocycles. The SMILES string of the molecule is CC(C)CCCC(C)C1CCC2C3CCC4CC(OC(=O)CCCCN=[N+]=[N-])CC[C@]4(C)C3CC[C@]12C. The molecule has 4 fully saturated rings. The summed E-state index contributed by atoms with van der Waals surface area (Å²) in [5, 5.41) is 3.55. The quantitative estimate of drug-likeness (QED) is 0.0906. The van der Waals surface area contributed by atoms with E-state index in [1.807, 2.05) is 0 Å². The lowest BCUT2D eigenvalue weighted by molar-refractivity contribution is -0.162. The minimum Gasteiger partial charge on any atom is -0.462 e. The second-order valence-electron chi connectivity index (χ2n) is 14.5. The van der Waals surface area contributed by atoms with Gasteiger partial charge in [-0.15, -0.1) is 0 Å². The summed E-state index contributed by atoms with van der Waals surface area (Å²) in [7, 11) is 0. The van der Waals surface area contributed by atoms with E-state index in [0.29, 0.717) is 29.7 Å². The summed E-state index contributed by atoms with van der Waals surface area (Å²) in [6.45, 7) is 13.1. The lowest BCUT2D eigenvalue weighted by Crippen LogP contribution is -2.54. The highest BCUT2D eigenvalue weighted by molar-refractivity contribution is 5.69. The molecule has 0 aliphatic heterocycles. The molecule has 0 heterocycles. The molecule has 7 unspecified atom stereocenters. The molecule has 5 nitrogen and oxygen atoms in total. The van der Waals surface area contributed by atoms with Crippen LogP contribution in [0.15, 0.2) is 5.11 Å². The summed E-state index contributed by atoms with van der Waals surface area (Å²) in [6, 6.07) is 0. The zero-order valence-corrected chi connectivity index (χ0v) is 24.6. The van der Waals surface area contributed by atoms with Gasteiger partial charge in [-0.3, -0.25) is 4.79 Å². The van der Waals surface area contributed by atoms with Gasteiger partial charge in [0.15, 0.2) is 0 Å². The highest BCUT2D eigenvalue weighted by atomic mass is 16.5. The van der Waals surface area contributed by atoms with Gasteiger partial charge in [-0.2, -0.15) is 0 Å². The number of hydrogen-bond acceptors (Lipinski definition) is 3. The van der Waals surface area contributed by atoms with E-state index in [2.05, 4.69) is 44.6 Å². The average Bonchev–Trinajstić information content (AvgIpc) is 3.21. The van der Waals surface area contributed by atoms with Crippen LogP contribution in [0.3, 0.4) is 0 Å². The van der Waals surface area contributed by atoms with Crippen molar-refractivity contribution >= 4 is 5.97 Å². The fourth-order valence-corrected chi connectivity index (χ4v) is 10.1. The topological polar surface area (TPSA) is 75.1 Å². The largest absolute Gasteiger partial charge is 0.462 e. The van der Waals surface area contributed by atoms with Gasteiger partial charge in [0, 0.05) is 17.9 Å². The van der Waals surface area contributed by atoms with E-state index in [0.717, 1.165) is 61.2 Å². The Bertz CT molecular complexity index is 823. The van der Waals surface area contributed by atoms with Gasteiger partial charge in [-0.05, 0) is 128 Å². The van der Waals surface area contributed by atoms with Crippen LogP contribution >= 0.6 is 0 Å². The van der Waals surface area contributed by atoms with Gasteiger partial charge in [-0.1, -0.05) is 59.0 Å². The van der Waals surface area contributed by atoms with Crippen LogP contribution in [0.25, 0.3) is 10.4 Å². The van der Waals surface area contributed by atoms with E-state index >= 15 is 0 Å². The van der Waals surface area contributed by atoms with Crippen molar-refractivity contribution in [2.24, 2.45) is 57.4 Å².